The van der Waals surface area contributed by atoms with Gasteiger partial charge in [0.2, 0.25) is 0 Å². The number of carbonyl (C=O) groups is 1. The number of terminal acetylenes is 1. The van der Waals surface area contributed by atoms with Crippen LogP contribution >= 0.6 is 0 Å². The molecule has 0 bridgehead atoms. The zero-order valence-corrected chi connectivity index (χ0v) is 13.7. The number of urea groups is 1. The summed E-state index contributed by atoms with van der Waals surface area (Å²) in [5, 5.41) is 13.1. The van der Waals surface area contributed by atoms with Crippen molar-refractivity contribution in [3.8, 4) is 18.1 Å². The molecule has 0 atom stereocenters. The number of amides is 2. The van der Waals surface area contributed by atoms with Crippen molar-refractivity contribution < 1.29 is 23.4 Å². The third-order valence-electron chi connectivity index (χ3n) is 4.07. The summed E-state index contributed by atoms with van der Waals surface area (Å²) in [5.74, 6) is 1.59. The number of β-amino-alcohol motifs (C(OH)–C–C–N with tert-alkyl or cyclic N) is 1. The number of anilines is 1. The Morgan fingerprint density at radius 2 is 1.88 bits per heavy atom. The zero-order valence-electron chi connectivity index (χ0n) is 13.7. The molecule has 0 unspecified atom stereocenters. The summed E-state index contributed by atoms with van der Waals surface area (Å²) in [5.41, 5.74) is -0.579. The lowest BCUT2D eigenvalue weighted by Gasteiger charge is -2.46. The third-order valence-corrected chi connectivity index (χ3v) is 4.07. The van der Waals surface area contributed by atoms with Crippen LogP contribution in [0.3, 0.4) is 0 Å². The van der Waals surface area contributed by atoms with Crippen LogP contribution in [0.4, 0.5) is 19.3 Å². The summed E-state index contributed by atoms with van der Waals surface area (Å²) < 4.78 is 31.7. The maximum Gasteiger partial charge on any atom is 0.322 e. The Morgan fingerprint density at radius 1 is 1.23 bits per heavy atom. The summed E-state index contributed by atoms with van der Waals surface area (Å²) in [6.07, 6.45) is 5.14. The Hall–Kier alpha value is -3.11. The van der Waals surface area contributed by atoms with E-state index in [2.05, 4.69) is 11.2 Å². The molecule has 26 heavy (non-hydrogen) atoms. The molecule has 1 saturated heterocycles. The Kier molecular flexibility index (Phi) is 4.78. The van der Waals surface area contributed by atoms with E-state index in [4.69, 9.17) is 11.2 Å². The highest BCUT2D eigenvalue weighted by Gasteiger charge is 2.45. The van der Waals surface area contributed by atoms with Crippen LogP contribution in [0.2, 0.25) is 0 Å². The smallest absolute Gasteiger partial charge is 0.322 e. The van der Waals surface area contributed by atoms with E-state index in [1.54, 1.807) is 0 Å². The topological polar surface area (TPSA) is 61.8 Å². The number of hydrogen-bond donors (Lipinski definition) is 2. The monoisotopic (exact) mass is 358 g/mol. The summed E-state index contributed by atoms with van der Waals surface area (Å²) in [7, 11) is 0. The van der Waals surface area contributed by atoms with Gasteiger partial charge in [0.1, 0.15) is 29.6 Å². The van der Waals surface area contributed by atoms with Crippen molar-refractivity contribution in [3.63, 3.8) is 0 Å². The van der Waals surface area contributed by atoms with E-state index >= 15 is 0 Å². The van der Waals surface area contributed by atoms with E-state index in [9.17, 15) is 18.7 Å². The standard InChI is InChI=1S/C19H16F2N2O3/c1-2-9-26-17-8-7-15(21)10-16(17)22-18(24)23-11-19(25,12-23)13-3-5-14(20)6-4-13/h1,3-8,10,25H,9,11-12H2,(H,22,24). The molecule has 2 N–H and O–H groups in total. The third kappa shape index (κ3) is 3.60. The molecule has 0 spiro atoms. The number of aliphatic hydroxyl groups is 1. The van der Waals surface area contributed by atoms with Gasteiger partial charge < -0.3 is 20.1 Å². The molecule has 134 valence electrons. The van der Waals surface area contributed by atoms with Crippen molar-refractivity contribution in [2.24, 2.45) is 0 Å². The Morgan fingerprint density at radius 3 is 2.54 bits per heavy atom. The quantitative estimate of drug-likeness (QED) is 0.826. The average molecular weight is 358 g/mol. The molecular weight excluding hydrogens is 342 g/mol. The van der Waals surface area contributed by atoms with E-state index in [1.807, 2.05) is 0 Å². The molecule has 5 nitrogen and oxygen atoms in total. The van der Waals surface area contributed by atoms with Crippen molar-refractivity contribution >= 4 is 11.7 Å². The lowest BCUT2D eigenvalue weighted by atomic mass is 9.86. The second kappa shape index (κ2) is 7.02. The predicted molar refractivity (Wildman–Crippen MR) is 91.6 cm³/mol. The molecule has 0 radical (unpaired) electrons. The van der Waals surface area contributed by atoms with Crippen LogP contribution in [-0.2, 0) is 5.60 Å². The van der Waals surface area contributed by atoms with Gasteiger partial charge in [-0.05, 0) is 29.8 Å². The first-order chi connectivity index (χ1) is 12.4. The minimum Gasteiger partial charge on any atom is -0.479 e. The highest BCUT2D eigenvalue weighted by molar-refractivity contribution is 5.91. The second-order valence-corrected chi connectivity index (χ2v) is 5.96. The molecular formula is C19H16F2N2O3. The van der Waals surface area contributed by atoms with Gasteiger partial charge in [-0.15, -0.1) is 6.42 Å². The first kappa shape index (κ1) is 17.7. The average Bonchev–Trinajstić information content (AvgIpc) is 2.59. The van der Waals surface area contributed by atoms with Crippen molar-refractivity contribution in [2.75, 3.05) is 25.0 Å². The van der Waals surface area contributed by atoms with Crippen molar-refractivity contribution in [2.45, 2.75) is 5.60 Å². The molecule has 2 aromatic rings. The number of hydrogen-bond acceptors (Lipinski definition) is 3. The lowest BCUT2D eigenvalue weighted by molar-refractivity contribution is -0.0793. The number of ether oxygens (including phenoxy) is 1. The fourth-order valence-corrected chi connectivity index (χ4v) is 2.71. The molecule has 1 aliphatic heterocycles. The van der Waals surface area contributed by atoms with Gasteiger partial charge in [-0.25, -0.2) is 13.6 Å². The molecule has 2 aromatic carbocycles. The summed E-state index contributed by atoms with van der Waals surface area (Å²) >= 11 is 0. The number of benzene rings is 2. The van der Waals surface area contributed by atoms with E-state index in [0.717, 1.165) is 6.07 Å². The molecule has 1 fully saturated rings. The van der Waals surface area contributed by atoms with Gasteiger partial charge in [-0.3, -0.25) is 0 Å². The van der Waals surface area contributed by atoms with Gasteiger partial charge >= 0.3 is 6.03 Å². The summed E-state index contributed by atoms with van der Waals surface area (Å²) in [6, 6.07) is 8.61. The first-order valence-corrected chi connectivity index (χ1v) is 7.81. The van der Waals surface area contributed by atoms with E-state index in [-0.39, 0.29) is 31.1 Å². The molecule has 0 aromatic heterocycles. The van der Waals surface area contributed by atoms with Crippen LogP contribution in [0.5, 0.6) is 5.75 Å². The number of rotatable bonds is 4. The normalized spacial score (nSPS) is 14.9. The number of carbonyl (C=O) groups excluding carboxylic acids is 1. The molecule has 1 heterocycles. The SMILES string of the molecule is C#CCOc1ccc(F)cc1NC(=O)N1CC(O)(c2ccc(F)cc2)C1. The molecule has 1 aliphatic rings. The highest BCUT2D eigenvalue weighted by Crippen LogP contribution is 2.33. The second-order valence-electron chi connectivity index (χ2n) is 5.96. The Balaban J connectivity index is 1.66. The minimum atomic E-state index is -1.24. The summed E-state index contributed by atoms with van der Waals surface area (Å²) in [4.78, 5) is 13.7. The molecule has 2 amide bonds. The maximum atomic E-state index is 13.5. The van der Waals surface area contributed by atoms with Gasteiger partial charge in [-0.1, -0.05) is 18.1 Å². The van der Waals surface area contributed by atoms with Crippen molar-refractivity contribution in [1.29, 1.82) is 0 Å². The van der Waals surface area contributed by atoms with Crippen LogP contribution in [-0.4, -0.2) is 35.7 Å². The van der Waals surface area contributed by atoms with Gasteiger partial charge in [0, 0.05) is 6.07 Å². The lowest BCUT2D eigenvalue weighted by Crippen LogP contribution is -2.62. The zero-order chi connectivity index (χ0) is 18.7. The summed E-state index contributed by atoms with van der Waals surface area (Å²) in [6.45, 7) is 0.0309. The fourth-order valence-electron chi connectivity index (χ4n) is 2.71. The number of nitrogens with one attached hydrogen (secondary N) is 1. The van der Waals surface area contributed by atoms with E-state index in [0.29, 0.717) is 5.56 Å². The van der Waals surface area contributed by atoms with E-state index in [1.165, 1.54) is 41.3 Å². The van der Waals surface area contributed by atoms with Crippen LogP contribution in [0, 0.1) is 24.0 Å². The number of halogens is 2. The molecule has 0 saturated carbocycles. The van der Waals surface area contributed by atoms with Gasteiger partial charge in [0.25, 0.3) is 0 Å². The van der Waals surface area contributed by atoms with Gasteiger partial charge in [0.15, 0.2) is 0 Å². The van der Waals surface area contributed by atoms with Crippen LogP contribution < -0.4 is 10.1 Å². The Labute approximate surface area is 149 Å². The predicted octanol–water partition coefficient (Wildman–Crippen LogP) is 2.71. The molecule has 7 heteroatoms. The maximum absolute atomic E-state index is 13.5. The van der Waals surface area contributed by atoms with Crippen LogP contribution in [0.1, 0.15) is 5.56 Å². The number of nitrogens with zero attached hydrogens (tertiary/aromatic N) is 1. The molecule has 0 aliphatic carbocycles. The minimum absolute atomic E-state index is 0.0253. The number of likely N-dealkylation sites (tertiary alicyclic amines) is 1. The largest absolute Gasteiger partial charge is 0.479 e. The first-order valence-electron chi connectivity index (χ1n) is 7.81. The van der Waals surface area contributed by atoms with E-state index < -0.39 is 23.3 Å². The highest BCUT2D eigenvalue weighted by atomic mass is 19.1. The van der Waals surface area contributed by atoms with Crippen molar-refractivity contribution in [3.05, 3.63) is 59.7 Å². The molecule has 3 rings (SSSR count). The Bertz CT molecular complexity index is 856. The fraction of sp³-hybridized carbons (Fsp3) is 0.211. The van der Waals surface area contributed by atoms with Crippen LogP contribution in [0.25, 0.3) is 0 Å². The van der Waals surface area contributed by atoms with Gasteiger partial charge in [0.05, 0.1) is 18.8 Å². The van der Waals surface area contributed by atoms with Gasteiger partial charge in [-0.2, -0.15) is 0 Å². The van der Waals surface area contributed by atoms with Crippen LogP contribution in [0.15, 0.2) is 42.5 Å². The van der Waals surface area contributed by atoms with Crippen molar-refractivity contribution in [1.82, 2.24) is 4.90 Å².